The molecule has 5 nitrogen and oxygen atoms in total. The van der Waals surface area contributed by atoms with Crippen LogP contribution < -0.4 is 10.6 Å². The van der Waals surface area contributed by atoms with Crippen molar-refractivity contribution in [3.05, 3.63) is 0 Å². The molecule has 1 heterocycles. The molecule has 0 unspecified atom stereocenters. The zero-order valence-electron chi connectivity index (χ0n) is 13.3. The lowest BCUT2D eigenvalue weighted by Crippen LogP contribution is -2.49. The molecule has 1 aliphatic heterocycles. The minimum Gasteiger partial charge on any atom is -0.343 e. The van der Waals surface area contributed by atoms with E-state index in [1.54, 1.807) is 0 Å². The normalized spacial score (nSPS) is 16.9. The highest BCUT2D eigenvalue weighted by Crippen LogP contribution is 2.21. The fourth-order valence-corrected chi connectivity index (χ4v) is 2.31. The van der Waals surface area contributed by atoms with Gasteiger partial charge in [-0.05, 0) is 24.7 Å². The van der Waals surface area contributed by atoms with Gasteiger partial charge in [-0.25, -0.2) is 4.79 Å². The first-order chi connectivity index (χ1) is 9.31. The maximum Gasteiger partial charge on any atom is 0.315 e. The number of hydrogen-bond acceptors (Lipinski definition) is 2. The van der Waals surface area contributed by atoms with Crippen LogP contribution in [0.25, 0.3) is 0 Å². The van der Waals surface area contributed by atoms with Crippen LogP contribution in [-0.4, -0.2) is 42.5 Å². The molecule has 2 N–H and O–H groups in total. The summed E-state index contributed by atoms with van der Waals surface area (Å²) in [5, 5.41) is 5.79. The van der Waals surface area contributed by atoms with Gasteiger partial charge >= 0.3 is 6.03 Å². The lowest BCUT2D eigenvalue weighted by Gasteiger charge is -2.34. The van der Waals surface area contributed by atoms with E-state index in [0.717, 1.165) is 32.4 Å². The van der Waals surface area contributed by atoms with E-state index < -0.39 is 0 Å². The number of carbonyl (C=O) groups is 2. The Morgan fingerprint density at radius 3 is 2.30 bits per heavy atom. The second-order valence-electron chi connectivity index (χ2n) is 6.79. The highest BCUT2D eigenvalue weighted by molar-refractivity contribution is 5.77. The zero-order chi connectivity index (χ0) is 15.2. The molecule has 3 amide bonds. The molecule has 0 bridgehead atoms. The first-order valence-corrected chi connectivity index (χ1v) is 7.64. The Morgan fingerprint density at radius 1 is 1.20 bits per heavy atom. The number of carbonyl (C=O) groups excluding carboxylic acids is 2. The maximum atomic E-state index is 12.1. The summed E-state index contributed by atoms with van der Waals surface area (Å²) in [6.45, 7) is 10.5. The molecule has 116 valence electrons. The number of nitrogens with one attached hydrogen (secondary N) is 2. The summed E-state index contributed by atoms with van der Waals surface area (Å²) >= 11 is 0. The number of nitrogens with zero attached hydrogens (tertiary/aromatic N) is 1. The van der Waals surface area contributed by atoms with Crippen LogP contribution in [0.5, 0.6) is 0 Å². The first kappa shape index (κ1) is 16.8. The van der Waals surface area contributed by atoms with Crippen LogP contribution in [0.2, 0.25) is 0 Å². The molecule has 0 aromatic heterocycles. The molecule has 1 fully saturated rings. The molecule has 0 atom stereocenters. The highest BCUT2D eigenvalue weighted by atomic mass is 16.2. The maximum absolute atomic E-state index is 12.1. The van der Waals surface area contributed by atoms with Crippen LogP contribution in [0.3, 0.4) is 0 Å². The van der Waals surface area contributed by atoms with Crippen molar-refractivity contribution >= 4 is 11.9 Å². The highest BCUT2D eigenvalue weighted by Gasteiger charge is 2.26. The summed E-state index contributed by atoms with van der Waals surface area (Å²) in [6, 6.07) is 0.0943. The number of hydrogen-bond donors (Lipinski definition) is 2. The van der Waals surface area contributed by atoms with Crippen LogP contribution in [-0.2, 0) is 4.79 Å². The van der Waals surface area contributed by atoms with Crippen molar-refractivity contribution in [3.63, 3.8) is 0 Å². The summed E-state index contributed by atoms with van der Waals surface area (Å²) in [4.78, 5) is 25.6. The van der Waals surface area contributed by atoms with Gasteiger partial charge in [-0.3, -0.25) is 4.79 Å². The van der Waals surface area contributed by atoms with Crippen LogP contribution in [0.4, 0.5) is 4.79 Å². The smallest absolute Gasteiger partial charge is 0.315 e. The largest absolute Gasteiger partial charge is 0.343 e. The van der Waals surface area contributed by atoms with E-state index in [-0.39, 0.29) is 23.4 Å². The molecule has 0 saturated carbocycles. The number of amides is 3. The fourth-order valence-electron chi connectivity index (χ4n) is 2.31. The van der Waals surface area contributed by atoms with Crippen molar-refractivity contribution in [2.45, 2.75) is 59.4 Å². The van der Waals surface area contributed by atoms with Crippen LogP contribution in [0.1, 0.15) is 53.4 Å². The molecular weight excluding hydrogens is 254 g/mol. The average Bonchev–Trinajstić information content (AvgIpc) is 2.35. The molecule has 1 rings (SSSR count). The Kier molecular flexibility index (Phi) is 6.30. The van der Waals surface area contributed by atoms with Crippen molar-refractivity contribution in [2.75, 3.05) is 19.6 Å². The van der Waals surface area contributed by atoms with Crippen molar-refractivity contribution in [2.24, 2.45) is 5.41 Å². The Balaban J connectivity index is 2.29. The number of likely N-dealkylation sites (tertiary alicyclic amines) is 1. The third-order valence-electron chi connectivity index (χ3n) is 3.40. The summed E-state index contributed by atoms with van der Waals surface area (Å²) < 4.78 is 0. The topological polar surface area (TPSA) is 61.4 Å². The predicted molar refractivity (Wildman–Crippen MR) is 80.5 cm³/mol. The average molecular weight is 283 g/mol. The molecule has 0 aliphatic carbocycles. The zero-order valence-corrected chi connectivity index (χ0v) is 13.3. The monoisotopic (exact) mass is 283 g/mol. The molecule has 0 aromatic rings. The standard InChI is InChI=1S/C15H29N3O2/c1-5-8-16-14(20)17-12-6-9-18(10-7-12)13(19)11-15(2,3)4/h12H,5-11H2,1-4H3,(H2,16,17,20). The van der Waals surface area contributed by atoms with E-state index >= 15 is 0 Å². The predicted octanol–water partition coefficient (Wildman–Crippen LogP) is 2.12. The van der Waals surface area contributed by atoms with Gasteiger partial charge in [-0.2, -0.15) is 0 Å². The van der Waals surface area contributed by atoms with Crippen LogP contribution in [0, 0.1) is 5.41 Å². The number of rotatable bonds is 4. The van der Waals surface area contributed by atoms with Gasteiger partial charge in [0.15, 0.2) is 0 Å². The first-order valence-electron chi connectivity index (χ1n) is 7.64. The van der Waals surface area contributed by atoms with E-state index in [9.17, 15) is 9.59 Å². The van der Waals surface area contributed by atoms with Gasteiger partial charge in [0.05, 0.1) is 0 Å². The molecule has 0 spiro atoms. The Morgan fingerprint density at radius 2 is 1.80 bits per heavy atom. The van der Waals surface area contributed by atoms with Crippen molar-refractivity contribution in [3.8, 4) is 0 Å². The molecule has 0 radical (unpaired) electrons. The lowest BCUT2D eigenvalue weighted by molar-refractivity contribution is -0.134. The van der Waals surface area contributed by atoms with Crippen LogP contribution >= 0.6 is 0 Å². The SMILES string of the molecule is CCCNC(=O)NC1CCN(C(=O)CC(C)(C)C)CC1. The second-order valence-corrected chi connectivity index (χ2v) is 6.79. The quantitative estimate of drug-likeness (QED) is 0.830. The molecule has 1 aliphatic rings. The van der Waals surface area contributed by atoms with Crippen molar-refractivity contribution in [1.82, 2.24) is 15.5 Å². The molecule has 0 aromatic carbocycles. The Labute approximate surface area is 122 Å². The molecule has 5 heteroatoms. The van der Waals surface area contributed by atoms with Crippen molar-refractivity contribution < 1.29 is 9.59 Å². The van der Waals surface area contributed by atoms with Gasteiger partial charge in [-0.15, -0.1) is 0 Å². The van der Waals surface area contributed by atoms with Crippen LogP contribution in [0.15, 0.2) is 0 Å². The Bertz CT molecular complexity index is 329. The molecule has 1 saturated heterocycles. The molecular formula is C15H29N3O2. The van der Waals surface area contributed by atoms with Gasteiger partial charge in [0.1, 0.15) is 0 Å². The van der Waals surface area contributed by atoms with E-state index in [1.165, 1.54) is 0 Å². The van der Waals surface area contributed by atoms with E-state index in [1.807, 2.05) is 11.8 Å². The number of urea groups is 1. The minimum absolute atomic E-state index is 0.0339. The fraction of sp³-hybridized carbons (Fsp3) is 0.867. The van der Waals surface area contributed by atoms with Gasteiger partial charge < -0.3 is 15.5 Å². The number of piperidine rings is 1. The third-order valence-corrected chi connectivity index (χ3v) is 3.40. The summed E-state index contributed by atoms with van der Waals surface area (Å²) in [5.41, 5.74) is 0.0339. The minimum atomic E-state index is -0.0914. The van der Waals surface area contributed by atoms with Gasteiger partial charge in [0.2, 0.25) is 5.91 Å². The summed E-state index contributed by atoms with van der Waals surface area (Å²) in [5.74, 6) is 0.228. The van der Waals surface area contributed by atoms with E-state index in [0.29, 0.717) is 13.0 Å². The van der Waals surface area contributed by atoms with E-state index in [2.05, 4.69) is 31.4 Å². The van der Waals surface area contributed by atoms with Gasteiger partial charge in [-0.1, -0.05) is 27.7 Å². The second kappa shape index (κ2) is 7.50. The van der Waals surface area contributed by atoms with Gasteiger partial charge in [0, 0.05) is 32.1 Å². The van der Waals surface area contributed by atoms with E-state index in [4.69, 9.17) is 0 Å². The summed E-state index contributed by atoms with van der Waals surface area (Å²) in [6.07, 6.45) is 3.21. The van der Waals surface area contributed by atoms with Gasteiger partial charge in [0.25, 0.3) is 0 Å². The Hall–Kier alpha value is -1.26. The summed E-state index contributed by atoms with van der Waals surface area (Å²) in [7, 11) is 0. The lowest BCUT2D eigenvalue weighted by atomic mass is 9.91. The molecule has 20 heavy (non-hydrogen) atoms. The third kappa shape index (κ3) is 6.26. The van der Waals surface area contributed by atoms with Crippen molar-refractivity contribution in [1.29, 1.82) is 0 Å².